The lowest BCUT2D eigenvalue weighted by molar-refractivity contribution is 0.0109. The summed E-state index contributed by atoms with van der Waals surface area (Å²) in [6.07, 6.45) is 5.99. The Labute approximate surface area is 168 Å². The molecular weight excluding hydrogens is 368 g/mol. The average molecular weight is 390 g/mol. The van der Waals surface area contributed by atoms with Crippen LogP contribution in [0.3, 0.4) is 0 Å². The van der Waals surface area contributed by atoms with Crippen molar-refractivity contribution >= 4 is 5.91 Å². The number of carbonyl (C=O) groups is 1. The van der Waals surface area contributed by atoms with Crippen molar-refractivity contribution in [2.24, 2.45) is 5.41 Å². The number of rotatable bonds is 3. The van der Waals surface area contributed by atoms with Gasteiger partial charge in [-0.3, -0.25) is 19.7 Å². The number of pyridine rings is 2. The van der Waals surface area contributed by atoms with E-state index < -0.39 is 0 Å². The van der Waals surface area contributed by atoms with Crippen molar-refractivity contribution in [3.8, 4) is 11.4 Å². The van der Waals surface area contributed by atoms with Gasteiger partial charge in [-0.1, -0.05) is 11.2 Å². The molecule has 2 saturated heterocycles. The molecule has 5 rings (SSSR count). The highest BCUT2D eigenvalue weighted by molar-refractivity contribution is 5.94. The van der Waals surface area contributed by atoms with Gasteiger partial charge in [0, 0.05) is 49.2 Å². The molecule has 1 atom stereocenters. The molecule has 8 heteroatoms. The van der Waals surface area contributed by atoms with Gasteiger partial charge >= 0.3 is 0 Å². The highest BCUT2D eigenvalue weighted by Crippen LogP contribution is 2.47. The number of likely N-dealkylation sites (tertiary alicyclic amines) is 2. The minimum absolute atomic E-state index is 0.0117. The molecule has 0 unspecified atom stereocenters. The van der Waals surface area contributed by atoms with Gasteiger partial charge < -0.3 is 9.42 Å². The van der Waals surface area contributed by atoms with E-state index in [1.807, 2.05) is 36.1 Å². The largest absolute Gasteiger partial charge is 0.337 e. The summed E-state index contributed by atoms with van der Waals surface area (Å²) in [5.41, 5.74) is 2.42. The molecule has 0 aliphatic carbocycles. The molecule has 3 aromatic rings. The fourth-order valence-electron chi connectivity index (χ4n) is 4.53. The van der Waals surface area contributed by atoms with E-state index in [2.05, 4.69) is 32.1 Å². The van der Waals surface area contributed by atoms with Crippen LogP contribution >= 0.6 is 0 Å². The Bertz CT molecular complexity index is 1040. The maximum atomic E-state index is 12.8. The zero-order valence-electron chi connectivity index (χ0n) is 16.4. The predicted octanol–water partition coefficient (Wildman–Crippen LogP) is 2.35. The van der Waals surface area contributed by atoms with Crippen molar-refractivity contribution in [1.29, 1.82) is 0 Å². The summed E-state index contributed by atoms with van der Waals surface area (Å²) < 4.78 is 5.58. The normalized spacial score (nSPS) is 20.8. The number of nitrogens with zero attached hydrogens (tertiary/aromatic N) is 6. The molecule has 5 heterocycles. The fraction of sp³-hybridized carbons (Fsp3) is 0.381. The Morgan fingerprint density at radius 1 is 1.17 bits per heavy atom. The maximum absolute atomic E-state index is 12.8. The third-order valence-electron chi connectivity index (χ3n) is 5.96. The summed E-state index contributed by atoms with van der Waals surface area (Å²) in [5.74, 6) is 1.21. The van der Waals surface area contributed by atoms with Gasteiger partial charge in [-0.15, -0.1) is 0 Å². The Balaban J connectivity index is 1.28. The van der Waals surface area contributed by atoms with Crippen molar-refractivity contribution in [3.05, 3.63) is 60.0 Å². The minimum atomic E-state index is 0.0117. The van der Waals surface area contributed by atoms with E-state index in [0.29, 0.717) is 17.4 Å². The lowest BCUT2D eigenvalue weighted by Crippen LogP contribution is -2.59. The first-order valence-electron chi connectivity index (χ1n) is 9.70. The van der Waals surface area contributed by atoms with Gasteiger partial charge in [-0.2, -0.15) is 4.98 Å². The molecule has 0 radical (unpaired) electrons. The van der Waals surface area contributed by atoms with Crippen LogP contribution in [0.1, 0.15) is 34.4 Å². The Morgan fingerprint density at radius 2 is 1.97 bits per heavy atom. The fourth-order valence-corrected chi connectivity index (χ4v) is 4.53. The number of hydrogen-bond donors (Lipinski definition) is 0. The van der Waals surface area contributed by atoms with E-state index in [0.717, 1.165) is 37.2 Å². The minimum Gasteiger partial charge on any atom is -0.337 e. The molecule has 8 nitrogen and oxygen atoms in total. The first kappa shape index (κ1) is 17.9. The van der Waals surface area contributed by atoms with Crippen LogP contribution in [0, 0.1) is 12.3 Å². The standard InChI is InChI=1S/C21H22N6O2/c1-14-4-3-7-23-17(14)20(28)27-12-21(13-27)10-16(26(2)11-21)19-24-18(25-29-19)15-5-8-22-9-6-15/h3-9,16H,10-13H2,1-2H3/t16-/m0/s1. The van der Waals surface area contributed by atoms with Gasteiger partial charge in [0.2, 0.25) is 11.7 Å². The van der Waals surface area contributed by atoms with Crippen LogP contribution in [0.4, 0.5) is 0 Å². The van der Waals surface area contributed by atoms with E-state index in [4.69, 9.17) is 4.52 Å². The van der Waals surface area contributed by atoms with Gasteiger partial charge in [-0.25, -0.2) is 0 Å². The SMILES string of the molecule is Cc1cccnc1C(=O)N1CC2(C[C@@H](c3nc(-c4ccncc4)no3)N(C)C2)C1. The van der Waals surface area contributed by atoms with Crippen molar-refractivity contribution in [3.63, 3.8) is 0 Å². The molecule has 148 valence electrons. The van der Waals surface area contributed by atoms with Crippen molar-refractivity contribution in [2.75, 3.05) is 26.7 Å². The zero-order chi connectivity index (χ0) is 20.0. The number of amides is 1. The molecule has 29 heavy (non-hydrogen) atoms. The summed E-state index contributed by atoms with van der Waals surface area (Å²) in [6, 6.07) is 7.56. The molecule has 2 aliphatic rings. The number of carbonyl (C=O) groups excluding carboxylic acids is 1. The summed E-state index contributed by atoms with van der Waals surface area (Å²) in [4.78, 5) is 29.8. The third-order valence-corrected chi connectivity index (χ3v) is 5.96. The average Bonchev–Trinajstić information content (AvgIpc) is 3.32. The maximum Gasteiger partial charge on any atom is 0.272 e. The molecule has 1 amide bonds. The Morgan fingerprint density at radius 3 is 2.72 bits per heavy atom. The van der Waals surface area contributed by atoms with Gasteiger partial charge in [0.15, 0.2) is 0 Å². The van der Waals surface area contributed by atoms with Gasteiger partial charge in [-0.05, 0) is 44.2 Å². The lowest BCUT2D eigenvalue weighted by Gasteiger charge is -2.48. The van der Waals surface area contributed by atoms with E-state index >= 15 is 0 Å². The summed E-state index contributed by atoms with van der Waals surface area (Å²) in [6.45, 7) is 4.28. The number of hydrogen-bond acceptors (Lipinski definition) is 7. The van der Waals surface area contributed by atoms with Crippen molar-refractivity contribution in [1.82, 2.24) is 29.9 Å². The topological polar surface area (TPSA) is 88.2 Å². The van der Waals surface area contributed by atoms with Crippen LogP contribution in [0.25, 0.3) is 11.4 Å². The molecule has 0 aromatic carbocycles. The number of aryl methyl sites for hydroxylation is 1. The monoisotopic (exact) mass is 390 g/mol. The molecule has 1 spiro atoms. The first-order chi connectivity index (χ1) is 14.0. The molecule has 3 aromatic heterocycles. The highest BCUT2D eigenvalue weighted by atomic mass is 16.5. The van der Waals surface area contributed by atoms with Gasteiger partial charge in [0.1, 0.15) is 5.69 Å². The molecule has 0 saturated carbocycles. The van der Waals surface area contributed by atoms with Crippen LogP contribution in [-0.4, -0.2) is 62.5 Å². The van der Waals surface area contributed by atoms with E-state index in [1.54, 1.807) is 18.6 Å². The summed E-state index contributed by atoms with van der Waals surface area (Å²) >= 11 is 0. The Kier molecular flexibility index (Phi) is 4.16. The van der Waals surface area contributed by atoms with E-state index in [1.165, 1.54) is 0 Å². The zero-order valence-corrected chi connectivity index (χ0v) is 16.4. The smallest absolute Gasteiger partial charge is 0.272 e. The second-order valence-electron chi connectivity index (χ2n) is 8.16. The van der Waals surface area contributed by atoms with E-state index in [-0.39, 0.29) is 17.4 Å². The van der Waals surface area contributed by atoms with Gasteiger partial charge in [0.05, 0.1) is 6.04 Å². The van der Waals surface area contributed by atoms with E-state index in [9.17, 15) is 4.79 Å². The van der Waals surface area contributed by atoms with Crippen molar-refractivity contribution in [2.45, 2.75) is 19.4 Å². The van der Waals surface area contributed by atoms with Crippen LogP contribution in [0.15, 0.2) is 47.4 Å². The first-order valence-corrected chi connectivity index (χ1v) is 9.70. The summed E-state index contributed by atoms with van der Waals surface area (Å²) in [5, 5.41) is 4.14. The lowest BCUT2D eigenvalue weighted by atomic mass is 9.77. The summed E-state index contributed by atoms with van der Waals surface area (Å²) in [7, 11) is 2.07. The van der Waals surface area contributed by atoms with Crippen LogP contribution in [-0.2, 0) is 0 Å². The highest BCUT2D eigenvalue weighted by Gasteiger charge is 2.53. The van der Waals surface area contributed by atoms with Crippen LogP contribution in [0.2, 0.25) is 0 Å². The molecule has 2 fully saturated rings. The Hall–Kier alpha value is -3.13. The molecule has 2 aliphatic heterocycles. The molecule has 0 bridgehead atoms. The third kappa shape index (κ3) is 3.09. The van der Waals surface area contributed by atoms with Crippen LogP contribution in [0.5, 0.6) is 0 Å². The van der Waals surface area contributed by atoms with Gasteiger partial charge in [0.25, 0.3) is 5.91 Å². The van der Waals surface area contributed by atoms with Crippen molar-refractivity contribution < 1.29 is 9.32 Å². The second kappa shape index (κ2) is 6.73. The quantitative estimate of drug-likeness (QED) is 0.678. The number of aromatic nitrogens is 4. The predicted molar refractivity (Wildman–Crippen MR) is 105 cm³/mol. The second-order valence-corrected chi connectivity index (χ2v) is 8.16. The molecule has 0 N–H and O–H groups in total. The van der Waals surface area contributed by atoms with Crippen LogP contribution < -0.4 is 0 Å². The molecular formula is C21H22N6O2.